The molecule has 0 spiro atoms. The SMILES string of the molecule is CCCCOc1cccc(C(=O)Nc2cc(C)nn2-c2nc3c(C)cc(C)cc3s2)c1. The Bertz CT molecular complexity index is 1240. The highest BCUT2D eigenvalue weighted by Gasteiger charge is 2.16. The molecule has 2 heterocycles. The topological polar surface area (TPSA) is 69.0 Å². The summed E-state index contributed by atoms with van der Waals surface area (Å²) in [5.74, 6) is 1.08. The lowest BCUT2D eigenvalue weighted by molar-refractivity contribution is 0.102. The van der Waals surface area contributed by atoms with E-state index in [4.69, 9.17) is 9.72 Å². The van der Waals surface area contributed by atoms with Gasteiger partial charge in [0.2, 0.25) is 5.13 Å². The van der Waals surface area contributed by atoms with E-state index in [-0.39, 0.29) is 5.91 Å². The predicted molar refractivity (Wildman–Crippen MR) is 126 cm³/mol. The molecule has 0 atom stereocenters. The van der Waals surface area contributed by atoms with Crippen LogP contribution in [0.25, 0.3) is 15.3 Å². The summed E-state index contributed by atoms with van der Waals surface area (Å²) >= 11 is 1.56. The van der Waals surface area contributed by atoms with Gasteiger partial charge in [-0.2, -0.15) is 9.78 Å². The number of fused-ring (bicyclic) bond motifs is 1. The number of nitrogens with zero attached hydrogens (tertiary/aromatic N) is 3. The lowest BCUT2D eigenvalue weighted by Crippen LogP contribution is -2.15. The lowest BCUT2D eigenvalue weighted by Gasteiger charge is -2.09. The zero-order valence-corrected chi connectivity index (χ0v) is 19.0. The first-order valence-electron chi connectivity index (χ1n) is 10.4. The number of carbonyl (C=O) groups is 1. The van der Waals surface area contributed by atoms with Gasteiger partial charge < -0.3 is 10.1 Å². The molecule has 0 aliphatic heterocycles. The Morgan fingerprint density at radius 1 is 1.16 bits per heavy atom. The number of hydrogen-bond acceptors (Lipinski definition) is 5. The van der Waals surface area contributed by atoms with Crippen LogP contribution in [0.3, 0.4) is 0 Å². The predicted octanol–water partition coefficient (Wildman–Crippen LogP) is 5.84. The van der Waals surface area contributed by atoms with Gasteiger partial charge in [-0.15, -0.1) is 0 Å². The molecule has 7 heteroatoms. The van der Waals surface area contributed by atoms with Crippen LogP contribution in [0.4, 0.5) is 5.82 Å². The minimum atomic E-state index is -0.213. The molecule has 0 aliphatic rings. The highest BCUT2D eigenvalue weighted by molar-refractivity contribution is 7.20. The molecule has 1 N–H and O–H groups in total. The molecule has 31 heavy (non-hydrogen) atoms. The summed E-state index contributed by atoms with van der Waals surface area (Å²) in [6.07, 6.45) is 2.05. The van der Waals surface area contributed by atoms with Crippen LogP contribution in [0, 0.1) is 20.8 Å². The fourth-order valence-corrected chi connectivity index (χ4v) is 4.54. The number of aromatic nitrogens is 3. The summed E-state index contributed by atoms with van der Waals surface area (Å²) in [5.41, 5.74) is 4.64. The molecule has 0 fully saturated rings. The Morgan fingerprint density at radius 3 is 2.81 bits per heavy atom. The van der Waals surface area contributed by atoms with Crippen LogP contribution in [0.2, 0.25) is 0 Å². The average molecular weight is 435 g/mol. The van der Waals surface area contributed by atoms with Crippen molar-refractivity contribution in [3.63, 3.8) is 0 Å². The third-order valence-electron chi connectivity index (χ3n) is 4.94. The lowest BCUT2D eigenvalue weighted by atomic mass is 10.1. The highest BCUT2D eigenvalue weighted by atomic mass is 32.1. The molecule has 0 saturated heterocycles. The van der Waals surface area contributed by atoms with Gasteiger partial charge in [-0.05, 0) is 62.6 Å². The van der Waals surface area contributed by atoms with Crippen molar-refractivity contribution in [1.29, 1.82) is 0 Å². The molecule has 160 valence electrons. The summed E-state index contributed by atoms with van der Waals surface area (Å²) in [6.45, 7) is 8.80. The molecule has 2 aromatic carbocycles. The number of rotatable bonds is 7. The Labute approximate surface area is 185 Å². The molecule has 6 nitrogen and oxygen atoms in total. The summed E-state index contributed by atoms with van der Waals surface area (Å²) in [4.78, 5) is 17.7. The van der Waals surface area contributed by atoms with Gasteiger partial charge in [0.05, 0.1) is 22.5 Å². The van der Waals surface area contributed by atoms with Crippen LogP contribution >= 0.6 is 11.3 Å². The zero-order valence-electron chi connectivity index (χ0n) is 18.2. The second-order valence-corrected chi connectivity index (χ2v) is 8.70. The summed E-state index contributed by atoms with van der Waals surface area (Å²) in [7, 11) is 0. The van der Waals surface area contributed by atoms with Gasteiger partial charge in [-0.25, -0.2) is 4.98 Å². The first-order valence-corrected chi connectivity index (χ1v) is 11.3. The Balaban J connectivity index is 1.60. The molecule has 0 aliphatic carbocycles. The Kier molecular flexibility index (Phi) is 6.04. The normalized spacial score (nSPS) is 11.1. The Hall–Kier alpha value is -3.19. The third-order valence-corrected chi connectivity index (χ3v) is 5.91. The summed E-state index contributed by atoms with van der Waals surface area (Å²) < 4.78 is 8.54. The minimum Gasteiger partial charge on any atom is -0.494 e. The van der Waals surface area contributed by atoms with Gasteiger partial charge in [0.15, 0.2) is 0 Å². The van der Waals surface area contributed by atoms with Crippen LogP contribution in [0.15, 0.2) is 42.5 Å². The number of thiazole rings is 1. The van der Waals surface area contributed by atoms with E-state index in [1.807, 2.05) is 25.1 Å². The third kappa shape index (κ3) is 4.61. The number of amides is 1. The van der Waals surface area contributed by atoms with E-state index in [1.54, 1.807) is 28.2 Å². The number of aryl methyl sites for hydroxylation is 3. The average Bonchev–Trinajstić information content (AvgIpc) is 3.31. The maximum absolute atomic E-state index is 12.9. The fraction of sp³-hybridized carbons (Fsp3) is 0.292. The second-order valence-electron chi connectivity index (χ2n) is 7.69. The van der Waals surface area contributed by atoms with Crippen molar-refractivity contribution >= 4 is 33.3 Å². The van der Waals surface area contributed by atoms with Crippen LogP contribution in [0.5, 0.6) is 5.75 Å². The zero-order chi connectivity index (χ0) is 22.0. The number of nitrogens with one attached hydrogen (secondary N) is 1. The monoisotopic (exact) mass is 434 g/mol. The molecular formula is C24H26N4O2S. The summed E-state index contributed by atoms with van der Waals surface area (Å²) in [6, 6.07) is 13.3. The van der Waals surface area contributed by atoms with Gasteiger partial charge in [-0.1, -0.05) is 36.8 Å². The summed E-state index contributed by atoms with van der Waals surface area (Å²) in [5, 5.41) is 8.28. The number of ether oxygens (including phenoxy) is 1. The minimum absolute atomic E-state index is 0.213. The number of benzene rings is 2. The molecule has 4 aromatic rings. The number of unbranched alkanes of at least 4 members (excludes halogenated alkanes) is 1. The van der Waals surface area contributed by atoms with E-state index in [9.17, 15) is 4.79 Å². The maximum Gasteiger partial charge on any atom is 0.256 e. The van der Waals surface area contributed by atoms with Crippen molar-refractivity contribution in [3.05, 3.63) is 64.8 Å². The largest absolute Gasteiger partial charge is 0.494 e. The Morgan fingerprint density at radius 2 is 2.00 bits per heavy atom. The van der Waals surface area contributed by atoms with E-state index < -0.39 is 0 Å². The van der Waals surface area contributed by atoms with E-state index in [1.165, 1.54) is 5.56 Å². The van der Waals surface area contributed by atoms with Crippen molar-refractivity contribution in [2.75, 3.05) is 11.9 Å². The molecule has 1 amide bonds. The molecule has 0 unspecified atom stereocenters. The maximum atomic E-state index is 12.9. The van der Waals surface area contributed by atoms with Gasteiger partial charge in [0, 0.05) is 11.6 Å². The first-order chi connectivity index (χ1) is 14.9. The van der Waals surface area contributed by atoms with Crippen molar-refractivity contribution in [3.8, 4) is 10.9 Å². The number of anilines is 1. The smallest absolute Gasteiger partial charge is 0.256 e. The van der Waals surface area contributed by atoms with Crippen molar-refractivity contribution in [2.45, 2.75) is 40.5 Å². The standard InChI is InChI=1S/C24H26N4O2S/c1-5-6-10-30-19-9-7-8-18(14-19)23(29)25-21-13-17(4)27-28(21)24-26-22-16(3)11-15(2)12-20(22)31-24/h7-9,11-14H,5-6,10H2,1-4H3,(H,25,29). The van der Waals surface area contributed by atoms with Gasteiger partial charge in [0.1, 0.15) is 11.6 Å². The molecule has 0 saturated carbocycles. The molecular weight excluding hydrogens is 408 g/mol. The van der Waals surface area contributed by atoms with Gasteiger partial charge in [0.25, 0.3) is 5.91 Å². The van der Waals surface area contributed by atoms with E-state index in [0.29, 0.717) is 23.7 Å². The van der Waals surface area contributed by atoms with Crippen LogP contribution < -0.4 is 10.1 Å². The quantitative estimate of drug-likeness (QED) is 0.371. The molecule has 0 bridgehead atoms. The van der Waals surface area contributed by atoms with Gasteiger partial charge in [-0.3, -0.25) is 4.79 Å². The fourth-order valence-electron chi connectivity index (χ4n) is 3.43. The number of carbonyl (C=O) groups excluding carboxylic acids is 1. The van der Waals surface area contributed by atoms with E-state index in [2.05, 4.69) is 43.3 Å². The van der Waals surface area contributed by atoms with Gasteiger partial charge >= 0.3 is 0 Å². The second kappa shape index (κ2) is 8.89. The molecule has 2 aromatic heterocycles. The van der Waals surface area contributed by atoms with Crippen molar-refractivity contribution in [2.24, 2.45) is 0 Å². The van der Waals surface area contributed by atoms with Crippen LogP contribution in [-0.4, -0.2) is 27.3 Å². The van der Waals surface area contributed by atoms with Crippen molar-refractivity contribution in [1.82, 2.24) is 14.8 Å². The number of hydrogen-bond donors (Lipinski definition) is 1. The first kappa shape index (κ1) is 21.1. The van der Waals surface area contributed by atoms with Crippen molar-refractivity contribution < 1.29 is 9.53 Å². The van der Waals surface area contributed by atoms with E-state index >= 15 is 0 Å². The van der Waals surface area contributed by atoms with Crippen LogP contribution in [-0.2, 0) is 0 Å². The molecule has 4 rings (SSSR count). The van der Waals surface area contributed by atoms with E-state index in [0.717, 1.165) is 39.4 Å². The van der Waals surface area contributed by atoms with Crippen LogP contribution in [0.1, 0.15) is 46.9 Å². The molecule has 0 radical (unpaired) electrons. The highest BCUT2D eigenvalue weighted by Crippen LogP contribution is 2.30.